The lowest BCUT2D eigenvalue weighted by Crippen LogP contribution is -2.48. The van der Waals surface area contributed by atoms with Crippen LogP contribution in [0.1, 0.15) is 64.1 Å². The average molecular weight is 444 g/mol. The molecule has 1 aromatic rings. The Morgan fingerprint density at radius 3 is 2.47 bits per heavy atom. The number of alkyl carbamates (subject to hydrolysis) is 1. The molecule has 0 heterocycles. The molecule has 0 aliphatic heterocycles. The Hall–Kier alpha value is -3.09. The minimum absolute atomic E-state index is 0.139. The summed E-state index contributed by atoms with van der Waals surface area (Å²) < 4.78 is 5.20. The van der Waals surface area contributed by atoms with E-state index in [0.29, 0.717) is 12.1 Å². The van der Waals surface area contributed by atoms with Crippen molar-refractivity contribution >= 4 is 24.0 Å². The second-order valence-corrected chi connectivity index (χ2v) is 8.47. The zero-order valence-corrected chi connectivity index (χ0v) is 19.8. The molecule has 1 aromatic carbocycles. The molecule has 0 fully saturated rings. The summed E-state index contributed by atoms with van der Waals surface area (Å²) in [6.07, 6.45) is 5.45. The molecule has 0 spiro atoms. The maximum absolute atomic E-state index is 13.2. The standard InChI is InChI=1S/C25H37N3O4/c1-7-10-11-15-26-23(30)22(20-14-12-13-19(9-3)17-20)28(16-8-2)21(29)18-27-24(31)32-25(4,5)6/h8-9,12-14,17,22H,2-3,7,10-11,15-16,18H2,1,4-6H3,(H,26,30)(H,27,31). The van der Waals surface area contributed by atoms with E-state index < -0.39 is 23.6 Å². The molecule has 3 amide bonds. The molecule has 7 heteroatoms. The van der Waals surface area contributed by atoms with Gasteiger partial charge in [-0.3, -0.25) is 9.59 Å². The van der Waals surface area contributed by atoms with Crippen LogP contribution in [0.15, 0.2) is 43.5 Å². The molecule has 7 nitrogen and oxygen atoms in total. The third kappa shape index (κ3) is 9.37. The lowest BCUT2D eigenvalue weighted by atomic mass is 10.0. The average Bonchev–Trinajstić information content (AvgIpc) is 2.73. The molecule has 0 bridgehead atoms. The van der Waals surface area contributed by atoms with Gasteiger partial charge in [0.1, 0.15) is 18.2 Å². The molecular weight excluding hydrogens is 406 g/mol. The van der Waals surface area contributed by atoms with Crippen molar-refractivity contribution in [1.29, 1.82) is 0 Å². The van der Waals surface area contributed by atoms with Gasteiger partial charge >= 0.3 is 6.09 Å². The quantitative estimate of drug-likeness (QED) is 0.374. The Bertz CT molecular complexity index is 799. The predicted octanol–water partition coefficient (Wildman–Crippen LogP) is 4.22. The van der Waals surface area contributed by atoms with Crippen LogP contribution in [0.3, 0.4) is 0 Å². The van der Waals surface area contributed by atoms with E-state index in [2.05, 4.69) is 30.7 Å². The lowest BCUT2D eigenvalue weighted by molar-refractivity contribution is -0.139. The van der Waals surface area contributed by atoms with Gasteiger partial charge in [-0.15, -0.1) is 6.58 Å². The molecule has 1 rings (SSSR count). The van der Waals surface area contributed by atoms with Gasteiger partial charge in [0, 0.05) is 13.1 Å². The SMILES string of the molecule is C=CCN(C(=O)CNC(=O)OC(C)(C)C)C(C(=O)NCCCCC)c1cccc(C=C)c1. The van der Waals surface area contributed by atoms with Crippen molar-refractivity contribution in [2.45, 2.75) is 58.6 Å². The number of unbranched alkanes of at least 4 members (excludes halogenated alkanes) is 2. The van der Waals surface area contributed by atoms with Crippen LogP contribution in [-0.2, 0) is 14.3 Å². The fourth-order valence-electron chi connectivity index (χ4n) is 3.07. The van der Waals surface area contributed by atoms with Gasteiger partial charge in [-0.05, 0) is 44.4 Å². The van der Waals surface area contributed by atoms with Crippen molar-refractivity contribution in [3.8, 4) is 0 Å². The van der Waals surface area contributed by atoms with Gasteiger partial charge in [0.15, 0.2) is 0 Å². The van der Waals surface area contributed by atoms with Crippen molar-refractivity contribution in [1.82, 2.24) is 15.5 Å². The molecule has 2 N–H and O–H groups in total. The first kappa shape index (κ1) is 26.9. The van der Waals surface area contributed by atoms with Gasteiger partial charge in [0.2, 0.25) is 11.8 Å². The number of carbonyl (C=O) groups excluding carboxylic acids is 3. The van der Waals surface area contributed by atoms with Gasteiger partial charge in [0.25, 0.3) is 0 Å². The summed E-state index contributed by atoms with van der Waals surface area (Å²) in [6, 6.07) is 6.44. The van der Waals surface area contributed by atoms with Crippen LogP contribution >= 0.6 is 0 Å². The second kappa shape index (κ2) is 13.3. The van der Waals surface area contributed by atoms with Crippen LogP contribution in [0.4, 0.5) is 4.79 Å². The lowest BCUT2D eigenvalue weighted by Gasteiger charge is -2.31. The summed E-state index contributed by atoms with van der Waals surface area (Å²) in [6.45, 7) is 15.2. The van der Waals surface area contributed by atoms with Crippen molar-refractivity contribution in [3.63, 3.8) is 0 Å². The first-order chi connectivity index (χ1) is 15.1. The van der Waals surface area contributed by atoms with Gasteiger partial charge in [0.05, 0.1) is 0 Å². The zero-order chi connectivity index (χ0) is 24.1. The highest BCUT2D eigenvalue weighted by atomic mass is 16.6. The van der Waals surface area contributed by atoms with Crippen LogP contribution in [0.5, 0.6) is 0 Å². The minimum atomic E-state index is -0.873. The molecule has 0 aliphatic rings. The second-order valence-electron chi connectivity index (χ2n) is 8.47. The molecule has 0 radical (unpaired) electrons. The number of ether oxygens (including phenoxy) is 1. The van der Waals surface area contributed by atoms with E-state index in [0.717, 1.165) is 24.8 Å². The number of benzene rings is 1. The number of hydrogen-bond acceptors (Lipinski definition) is 4. The molecule has 1 atom stereocenters. The van der Waals surface area contributed by atoms with E-state index in [4.69, 9.17) is 4.74 Å². The van der Waals surface area contributed by atoms with E-state index >= 15 is 0 Å². The molecule has 0 saturated carbocycles. The fourth-order valence-corrected chi connectivity index (χ4v) is 3.07. The number of amides is 3. The Balaban J connectivity index is 3.12. The van der Waals surface area contributed by atoms with Crippen LogP contribution < -0.4 is 10.6 Å². The topological polar surface area (TPSA) is 87.7 Å². The van der Waals surface area contributed by atoms with Crippen LogP contribution in [0.2, 0.25) is 0 Å². The van der Waals surface area contributed by atoms with Crippen molar-refractivity contribution in [3.05, 3.63) is 54.6 Å². The molecule has 0 saturated heterocycles. The molecule has 0 aliphatic carbocycles. The Morgan fingerprint density at radius 1 is 1.16 bits per heavy atom. The first-order valence-corrected chi connectivity index (χ1v) is 11.0. The van der Waals surface area contributed by atoms with E-state index in [9.17, 15) is 14.4 Å². The van der Waals surface area contributed by atoms with Gasteiger partial charge in [-0.1, -0.05) is 56.7 Å². The normalized spacial score (nSPS) is 11.8. The number of nitrogens with one attached hydrogen (secondary N) is 2. The molecule has 176 valence electrons. The van der Waals surface area contributed by atoms with Crippen molar-refractivity contribution in [2.75, 3.05) is 19.6 Å². The van der Waals surface area contributed by atoms with Gasteiger partial charge < -0.3 is 20.3 Å². The number of nitrogens with zero attached hydrogens (tertiary/aromatic N) is 1. The fraction of sp³-hybridized carbons (Fsp3) is 0.480. The van der Waals surface area contributed by atoms with Crippen LogP contribution in [0.25, 0.3) is 6.08 Å². The molecule has 0 aromatic heterocycles. The van der Waals surface area contributed by atoms with E-state index in [1.54, 1.807) is 39.0 Å². The van der Waals surface area contributed by atoms with Crippen molar-refractivity contribution < 1.29 is 19.1 Å². The number of rotatable bonds is 12. The monoisotopic (exact) mass is 443 g/mol. The highest BCUT2D eigenvalue weighted by Gasteiger charge is 2.31. The third-order valence-electron chi connectivity index (χ3n) is 4.53. The zero-order valence-electron chi connectivity index (χ0n) is 19.8. The van der Waals surface area contributed by atoms with Gasteiger partial charge in [-0.25, -0.2) is 4.79 Å². The Morgan fingerprint density at radius 2 is 1.88 bits per heavy atom. The molecule has 32 heavy (non-hydrogen) atoms. The van der Waals surface area contributed by atoms with Gasteiger partial charge in [-0.2, -0.15) is 0 Å². The number of carbonyl (C=O) groups is 3. The molecular formula is C25H37N3O4. The largest absolute Gasteiger partial charge is 0.444 e. The smallest absolute Gasteiger partial charge is 0.408 e. The predicted molar refractivity (Wildman–Crippen MR) is 128 cm³/mol. The highest BCUT2D eigenvalue weighted by Crippen LogP contribution is 2.23. The summed E-state index contributed by atoms with van der Waals surface area (Å²) in [5, 5.41) is 5.41. The summed E-state index contributed by atoms with van der Waals surface area (Å²) in [7, 11) is 0. The Labute approximate surface area is 191 Å². The summed E-state index contributed by atoms with van der Waals surface area (Å²) in [5.41, 5.74) is 0.812. The van der Waals surface area contributed by atoms with E-state index in [1.807, 2.05) is 18.2 Å². The molecule has 1 unspecified atom stereocenters. The van der Waals surface area contributed by atoms with E-state index in [-0.39, 0.29) is 19.0 Å². The van der Waals surface area contributed by atoms with Crippen LogP contribution in [-0.4, -0.2) is 48.0 Å². The first-order valence-electron chi connectivity index (χ1n) is 11.0. The highest BCUT2D eigenvalue weighted by molar-refractivity contribution is 5.90. The minimum Gasteiger partial charge on any atom is -0.444 e. The number of hydrogen-bond donors (Lipinski definition) is 2. The van der Waals surface area contributed by atoms with E-state index in [1.165, 1.54) is 4.90 Å². The maximum Gasteiger partial charge on any atom is 0.408 e. The van der Waals surface area contributed by atoms with Crippen LogP contribution in [0, 0.1) is 0 Å². The third-order valence-corrected chi connectivity index (χ3v) is 4.53. The summed E-state index contributed by atoms with van der Waals surface area (Å²) >= 11 is 0. The summed E-state index contributed by atoms with van der Waals surface area (Å²) in [5.74, 6) is -0.705. The van der Waals surface area contributed by atoms with Crippen molar-refractivity contribution in [2.24, 2.45) is 0 Å². The Kier molecular flexibility index (Phi) is 11.2. The summed E-state index contributed by atoms with van der Waals surface area (Å²) in [4.78, 5) is 39.6. The maximum atomic E-state index is 13.2.